The quantitative estimate of drug-likeness (QED) is 0.359. The Kier molecular flexibility index (Phi) is 8.01. The number of aliphatic hydroxyl groups is 1. The molecule has 0 aromatic rings. The van der Waals surface area contributed by atoms with Gasteiger partial charge in [0.25, 0.3) is 11.8 Å². The molecule has 0 aromatic carbocycles. The fraction of sp³-hybridized carbons (Fsp3) is 0.690. The molecule has 0 saturated carbocycles. The van der Waals surface area contributed by atoms with E-state index in [2.05, 4.69) is 0 Å². The molecule has 0 bridgehead atoms. The van der Waals surface area contributed by atoms with Crippen LogP contribution in [0.2, 0.25) is 0 Å². The molecule has 42 heavy (non-hydrogen) atoms. The van der Waals surface area contributed by atoms with Gasteiger partial charge in [-0.15, -0.1) is 5.06 Å². The zero-order chi connectivity index (χ0) is 28.8. The van der Waals surface area contributed by atoms with Gasteiger partial charge in [-0.2, -0.15) is 0 Å². The summed E-state index contributed by atoms with van der Waals surface area (Å²) in [5, 5.41) is 11.6. The van der Waals surface area contributed by atoms with Gasteiger partial charge in [0, 0.05) is 19.3 Å². The van der Waals surface area contributed by atoms with Gasteiger partial charge in [-0.05, 0) is 12.8 Å². The SMILES string of the molecule is O=C(CC1OC[C@H]2O[C@H]3C=C[C@H]4O[C@@H]5C(CC4OC3C/C=C\C2O1)OC1CC=CCO[C@@H]1[C@H]5O)ON1C(=O)CCC1=O. The minimum absolute atomic E-state index is 0.0208. The summed E-state index contributed by atoms with van der Waals surface area (Å²) in [6, 6.07) is 0. The summed E-state index contributed by atoms with van der Waals surface area (Å²) in [7, 11) is 0. The number of hydrogen-bond donors (Lipinski definition) is 1. The van der Waals surface area contributed by atoms with Crippen LogP contribution in [0.4, 0.5) is 0 Å². The third-order valence-electron chi connectivity index (χ3n) is 8.71. The van der Waals surface area contributed by atoms with Crippen LogP contribution in [0, 0.1) is 0 Å². The second-order valence-corrected chi connectivity index (χ2v) is 11.5. The number of hydrogen-bond acceptors (Lipinski definition) is 12. The number of rotatable bonds is 3. The van der Waals surface area contributed by atoms with Crippen molar-refractivity contribution in [3.05, 3.63) is 36.5 Å². The molecule has 228 valence electrons. The first-order valence-corrected chi connectivity index (χ1v) is 14.7. The smallest absolute Gasteiger partial charge is 0.338 e. The van der Waals surface area contributed by atoms with Crippen molar-refractivity contribution in [2.24, 2.45) is 0 Å². The monoisotopic (exact) mass is 589 g/mol. The average molecular weight is 590 g/mol. The number of carbonyl (C=O) groups is 3. The Morgan fingerprint density at radius 3 is 2.36 bits per heavy atom. The molecule has 0 aromatic heterocycles. The van der Waals surface area contributed by atoms with Gasteiger partial charge in [-0.1, -0.05) is 36.5 Å². The van der Waals surface area contributed by atoms with Crippen molar-refractivity contribution in [3.8, 4) is 0 Å². The topological polar surface area (TPSA) is 149 Å². The van der Waals surface area contributed by atoms with E-state index >= 15 is 0 Å². The molecule has 12 atom stereocenters. The Morgan fingerprint density at radius 1 is 0.786 bits per heavy atom. The summed E-state index contributed by atoms with van der Waals surface area (Å²) in [5.74, 6) is -1.89. The molecule has 0 aliphatic carbocycles. The van der Waals surface area contributed by atoms with Crippen molar-refractivity contribution in [1.82, 2.24) is 5.06 Å². The molecule has 7 aliphatic heterocycles. The molecule has 0 spiro atoms. The number of amides is 2. The molecular weight excluding hydrogens is 554 g/mol. The molecule has 7 rings (SSSR count). The van der Waals surface area contributed by atoms with Crippen molar-refractivity contribution < 1.29 is 57.5 Å². The summed E-state index contributed by atoms with van der Waals surface area (Å²) in [5.41, 5.74) is 0. The van der Waals surface area contributed by atoms with E-state index in [9.17, 15) is 19.5 Å². The maximum atomic E-state index is 12.3. The summed E-state index contributed by atoms with van der Waals surface area (Å²) in [6.07, 6.45) is 7.66. The van der Waals surface area contributed by atoms with E-state index in [0.717, 1.165) is 0 Å². The fourth-order valence-corrected chi connectivity index (χ4v) is 6.60. The number of hydroxylamine groups is 2. The largest absolute Gasteiger partial charge is 0.387 e. The predicted octanol–water partition coefficient (Wildman–Crippen LogP) is 0.393. The van der Waals surface area contributed by atoms with Gasteiger partial charge in [0.05, 0.1) is 44.1 Å². The third kappa shape index (κ3) is 5.60. The van der Waals surface area contributed by atoms with Crippen LogP contribution in [0.1, 0.15) is 38.5 Å². The first-order chi connectivity index (χ1) is 20.4. The zero-order valence-corrected chi connectivity index (χ0v) is 22.9. The van der Waals surface area contributed by atoms with Crippen molar-refractivity contribution in [3.63, 3.8) is 0 Å². The van der Waals surface area contributed by atoms with Crippen molar-refractivity contribution >= 4 is 17.8 Å². The maximum absolute atomic E-state index is 12.3. The summed E-state index contributed by atoms with van der Waals surface area (Å²) < 4.78 is 43.3. The zero-order valence-electron chi connectivity index (χ0n) is 22.9. The molecule has 1 N–H and O–H groups in total. The Morgan fingerprint density at radius 2 is 1.52 bits per heavy atom. The van der Waals surface area contributed by atoms with Crippen LogP contribution in [-0.4, -0.2) is 115 Å². The molecule has 4 saturated heterocycles. The van der Waals surface area contributed by atoms with Crippen molar-refractivity contribution in [2.75, 3.05) is 13.2 Å². The highest BCUT2D eigenvalue weighted by Gasteiger charge is 2.52. The lowest BCUT2D eigenvalue weighted by atomic mass is 9.87. The van der Waals surface area contributed by atoms with Gasteiger partial charge < -0.3 is 43.1 Å². The van der Waals surface area contributed by atoms with E-state index < -0.39 is 60.7 Å². The minimum atomic E-state index is -0.922. The molecular formula is C29H35NO12. The van der Waals surface area contributed by atoms with Crippen LogP contribution in [0.5, 0.6) is 0 Å². The number of carbonyl (C=O) groups excluding carboxylic acids is 3. The fourth-order valence-electron chi connectivity index (χ4n) is 6.60. The molecule has 6 unspecified atom stereocenters. The molecule has 2 amide bonds. The van der Waals surface area contributed by atoms with Crippen molar-refractivity contribution in [1.29, 1.82) is 0 Å². The molecule has 13 heteroatoms. The van der Waals surface area contributed by atoms with Gasteiger partial charge in [0.15, 0.2) is 6.29 Å². The van der Waals surface area contributed by atoms with E-state index in [1.54, 1.807) is 0 Å². The Balaban J connectivity index is 0.979. The van der Waals surface area contributed by atoms with E-state index in [1.807, 2.05) is 36.5 Å². The Hall–Kier alpha value is -2.49. The highest BCUT2D eigenvalue weighted by atomic mass is 16.7. The lowest BCUT2D eigenvalue weighted by Crippen LogP contribution is -2.63. The van der Waals surface area contributed by atoms with E-state index in [-0.39, 0.29) is 56.4 Å². The predicted molar refractivity (Wildman–Crippen MR) is 138 cm³/mol. The maximum Gasteiger partial charge on any atom is 0.338 e. The van der Waals surface area contributed by atoms with Crippen LogP contribution in [0.25, 0.3) is 0 Å². The first-order valence-electron chi connectivity index (χ1n) is 14.7. The Labute approximate surface area is 242 Å². The highest BCUT2D eigenvalue weighted by molar-refractivity contribution is 6.01. The average Bonchev–Trinajstić information content (AvgIpc) is 3.13. The van der Waals surface area contributed by atoms with Crippen LogP contribution in [0.3, 0.4) is 0 Å². The summed E-state index contributed by atoms with van der Waals surface area (Å²) in [6.45, 7) is 0.583. The van der Waals surface area contributed by atoms with Gasteiger partial charge in [0.2, 0.25) is 0 Å². The van der Waals surface area contributed by atoms with Gasteiger partial charge in [-0.3, -0.25) is 9.59 Å². The number of aliphatic hydroxyl groups excluding tert-OH is 1. The molecule has 7 heterocycles. The van der Waals surface area contributed by atoms with E-state index in [1.165, 1.54) is 0 Å². The number of fused-ring (bicyclic) bond motifs is 5. The molecule has 4 fully saturated rings. The van der Waals surface area contributed by atoms with E-state index in [4.69, 9.17) is 38.0 Å². The van der Waals surface area contributed by atoms with Gasteiger partial charge >= 0.3 is 5.97 Å². The Bertz CT molecular complexity index is 1140. The molecule has 7 aliphatic rings. The van der Waals surface area contributed by atoms with E-state index in [0.29, 0.717) is 30.9 Å². The second kappa shape index (κ2) is 11.9. The van der Waals surface area contributed by atoms with Gasteiger partial charge in [0.1, 0.15) is 42.7 Å². The lowest BCUT2D eigenvalue weighted by molar-refractivity contribution is -0.289. The number of ether oxygens (including phenoxy) is 7. The van der Waals surface area contributed by atoms with Crippen molar-refractivity contribution in [2.45, 2.75) is 112 Å². The summed E-state index contributed by atoms with van der Waals surface area (Å²) in [4.78, 5) is 40.7. The normalized spacial score (nSPS) is 45.6. The standard InChI is InChI=1S/C29H35NO12/c31-23-9-10-24(32)30(23)42-25(33)13-26-36-14-22-16(40-26)6-3-5-15-17(38-22)7-8-18-20(37-15)12-21-29(41-18)27(34)28-19(39-21)4-1-2-11-35-28/h1-3,6-8,15-22,26-29,34H,4-5,9-14H2/b6-3-/t15?,16?,17-,18+,19?,20?,21?,22+,26?,27+,28-,29+/m0/s1. The second-order valence-electron chi connectivity index (χ2n) is 11.5. The lowest BCUT2D eigenvalue weighted by Gasteiger charge is -2.49. The highest BCUT2D eigenvalue weighted by Crippen LogP contribution is 2.39. The minimum Gasteiger partial charge on any atom is -0.387 e. The number of imide groups is 1. The van der Waals surface area contributed by atoms with Crippen LogP contribution in [-0.2, 0) is 52.4 Å². The van der Waals surface area contributed by atoms with Crippen LogP contribution in [0.15, 0.2) is 36.5 Å². The van der Waals surface area contributed by atoms with Gasteiger partial charge in [-0.25, -0.2) is 4.79 Å². The molecule has 0 radical (unpaired) electrons. The molecule has 13 nitrogen and oxygen atoms in total. The third-order valence-corrected chi connectivity index (χ3v) is 8.71. The van der Waals surface area contributed by atoms with Crippen LogP contribution >= 0.6 is 0 Å². The first kappa shape index (κ1) is 28.3. The van der Waals surface area contributed by atoms with Crippen LogP contribution < -0.4 is 0 Å². The number of nitrogens with zero attached hydrogens (tertiary/aromatic N) is 1. The summed E-state index contributed by atoms with van der Waals surface area (Å²) >= 11 is 0.